The highest BCUT2D eigenvalue weighted by molar-refractivity contribution is 7.47. The molecule has 0 amide bonds. The predicted molar refractivity (Wildman–Crippen MR) is 418 cm³/mol. The summed E-state index contributed by atoms with van der Waals surface area (Å²) in [5.41, 5.74) is 0. The van der Waals surface area contributed by atoms with Crippen LogP contribution < -0.4 is 0 Å². The van der Waals surface area contributed by atoms with Crippen molar-refractivity contribution in [3.63, 3.8) is 0 Å². The van der Waals surface area contributed by atoms with Crippen molar-refractivity contribution in [2.45, 2.75) is 452 Å². The zero-order chi connectivity index (χ0) is 75.1. The second-order valence-electron chi connectivity index (χ2n) is 30.6. The molecule has 0 rings (SSSR count). The van der Waals surface area contributed by atoms with Gasteiger partial charge in [-0.05, 0) is 43.4 Å². The lowest BCUT2D eigenvalue weighted by molar-refractivity contribution is -0.161. The van der Waals surface area contributed by atoms with Crippen molar-refractivity contribution >= 4 is 39.5 Å². The quantitative estimate of drug-likeness (QED) is 0.0222. The Hall–Kier alpha value is -1.94. The van der Waals surface area contributed by atoms with Crippen LogP contribution in [0.4, 0.5) is 0 Å². The largest absolute Gasteiger partial charge is 0.472 e. The Balaban J connectivity index is 5.24. The maximum atomic E-state index is 13.1. The van der Waals surface area contributed by atoms with Gasteiger partial charge in [-0.1, -0.05) is 382 Å². The normalized spacial score (nSPS) is 14.7. The van der Waals surface area contributed by atoms with Crippen molar-refractivity contribution in [1.82, 2.24) is 0 Å². The van der Waals surface area contributed by atoms with Crippen LogP contribution in [0, 0.1) is 17.8 Å². The molecule has 0 aliphatic carbocycles. The number of phosphoric ester groups is 2. The van der Waals surface area contributed by atoms with Crippen LogP contribution in [-0.2, 0) is 65.4 Å². The van der Waals surface area contributed by atoms with E-state index in [1.165, 1.54) is 244 Å². The number of hydrogen-bond donors (Lipinski definition) is 3. The van der Waals surface area contributed by atoms with Crippen LogP contribution >= 0.6 is 15.6 Å². The number of aliphatic hydroxyl groups excluding tert-OH is 1. The van der Waals surface area contributed by atoms with E-state index >= 15 is 0 Å². The molecule has 102 heavy (non-hydrogen) atoms. The van der Waals surface area contributed by atoms with Crippen LogP contribution in [0.25, 0.3) is 0 Å². The molecule has 0 fully saturated rings. The fraction of sp³-hybridized carbons (Fsp3) is 0.952. The van der Waals surface area contributed by atoms with Crippen LogP contribution in [-0.4, -0.2) is 96.7 Å². The van der Waals surface area contributed by atoms with Crippen molar-refractivity contribution in [1.29, 1.82) is 0 Å². The van der Waals surface area contributed by atoms with E-state index in [1.807, 2.05) is 0 Å². The Kier molecular flexibility index (Phi) is 71.8. The topological polar surface area (TPSA) is 237 Å². The second-order valence-corrected chi connectivity index (χ2v) is 33.5. The van der Waals surface area contributed by atoms with E-state index < -0.39 is 97.5 Å². The molecule has 606 valence electrons. The molecule has 5 unspecified atom stereocenters. The lowest BCUT2D eigenvalue weighted by Crippen LogP contribution is -2.30. The number of rotatable bonds is 81. The number of unbranched alkanes of at least 4 members (excludes halogenated alkanes) is 46. The molecule has 0 saturated heterocycles. The maximum Gasteiger partial charge on any atom is 0.472 e. The van der Waals surface area contributed by atoms with Crippen LogP contribution in [0.15, 0.2) is 0 Å². The van der Waals surface area contributed by atoms with Crippen molar-refractivity contribution in [3.05, 3.63) is 0 Å². The van der Waals surface area contributed by atoms with Gasteiger partial charge in [0.2, 0.25) is 0 Å². The van der Waals surface area contributed by atoms with Gasteiger partial charge in [0.1, 0.15) is 19.3 Å². The highest BCUT2D eigenvalue weighted by Gasteiger charge is 2.30. The van der Waals surface area contributed by atoms with E-state index in [4.69, 9.17) is 37.0 Å². The van der Waals surface area contributed by atoms with E-state index in [-0.39, 0.29) is 25.7 Å². The first-order chi connectivity index (χ1) is 49.3. The molecule has 19 heteroatoms. The molecule has 17 nitrogen and oxygen atoms in total. The van der Waals surface area contributed by atoms with Gasteiger partial charge in [0.25, 0.3) is 0 Å². The molecular formula is C83H162O17P2. The van der Waals surface area contributed by atoms with Gasteiger partial charge in [-0.15, -0.1) is 0 Å². The molecule has 0 aliphatic heterocycles. The van der Waals surface area contributed by atoms with Gasteiger partial charge in [-0.25, -0.2) is 9.13 Å². The maximum absolute atomic E-state index is 13.1. The number of phosphoric acid groups is 2. The van der Waals surface area contributed by atoms with E-state index in [9.17, 15) is 43.2 Å². The first-order valence-corrected chi connectivity index (χ1v) is 46.0. The van der Waals surface area contributed by atoms with E-state index in [1.54, 1.807) is 0 Å². The third-order valence-electron chi connectivity index (χ3n) is 20.5. The van der Waals surface area contributed by atoms with Crippen LogP contribution in [0.2, 0.25) is 0 Å². The highest BCUT2D eigenvalue weighted by Crippen LogP contribution is 2.45. The van der Waals surface area contributed by atoms with Gasteiger partial charge >= 0.3 is 39.5 Å². The van der Waals surface area contributed by atoms with Crippen LogP contribution in [0.5, 0.6) is 0 Å². The summed E-state index contributed by atoms with van der Waals surface area (Å²) in [4.78, 5) is 73.1. The molecule has 0 spiro atoms. The minimum atomic E-state index is -4.96. The number of hydrogen-bond acceptors (Lipinski definition) is 15. The molecule has 0 aromatic carbocycles. The summed E-state index contributed by atoms with van der Waals surface area (Å²) in [5, 5.41) is 10.7. The van der Waals surface area contributed by atoms with Gasteiger partial charge in [-0.2, -0.15) is 0 Å². The Morgan fingerprint density at radius 3 is 0.696 bits per heavy atom. The summed E-state index contributed by atoms with van der Waals surface area (Å²) >= 11 is 0. The molecule has 8 atom stereocenters. The van der Waals surface area contributed by atoms with E-state index in [0.717, 1.165) is 108 Å². The van der Waals surface area contributed by atoms with Crippen molar-refractivity contribution < 1.29 is 80.2 Å². The van der Waals surface area contributed by atoms with Crippen LogP contribution in [0.1, 0.15) is 434 Å². The third-order valence-corrected chi connectivity index (χ3v) is 22.4. The molecule has 0 radical (unpaired) electrons. The number of esters is 4. The van der Waals surface area contributed by atoms with Gasteiger partial charge in [0.15, 0.2) is 12.2 Å². The van der Waals surface area contributed by atoms with Gasteiger partial charge in [0, 0.05) is 25.7 Å². The number of aliphatic hydroxyl groups is 1. The zero-order valence-corrected chi connectivity index (χ0v) is 68.9. The standard InChI is InChI=1S/C83H162O17P2/c1-8-12-13-14-15-16-17-18-26-29-36-45-52-59-66-82(87)100-79(71-94-81(86)65-58-51-44-39-38-42-49-56-63-76(7)11-4)73-98-102(91,92)96-69-77(84)68-95-101(89,90)97-72-78(70-93-80(85)64-57-50-43-35-32-31-34-41-48-55-62-75(6)10-3)99-83(88)67-60-53-46-37-30-27-24-22-20-19-21-23-25-28-33-40-47-54-61-74(5)9-2/h74-79,84H,8-73H2,1-7H3,(H,89,90)(H,91,92)/t74?,75?,76?,77-,78-,79-/m1/s1. The third kappa shape index (κ3) is 72.3. The lowest BCUT2D eigenvalue weighted by Gasteiger charge is -2.21. The number of ether oxygens (including phenoxy) is 4. The minimum absolute atomic E-state index is 0.107. The van der Waals surface area contributed by atoms with Crippen LogP contribution in [0.3, 0.4) is 0 Å². The zero-order valence-electron chi connectivity index (χ0n) is 67.1. The Bertz CT molecular complexity index is 1980. The van der Waals surface area contributed by atoms with Gasteiger partial charge in [0.05, 0.1) is 26.4 Å². The minimum Gasteiger partial charge on any atom is -0.462 e. The summed E-state index contributed by atoms with van der Waals surface area (Å²) in [6.45, 7) is 12.1. The summed E-state index contributed by atoms with van der Waals surface area (Å²) in [7, 11) is -9.92. The Morgan fingerprint density at radius 1 is 0.275 bits per heavy atom. The first kappa shape index (κ1) is 100. The fourth-order valence-corrected chi connectivity index (χ4v) is 14.3. The second kappa shape index (κ2) is 73.2. The average molecular weight is 1490 g/mol. The molecule has 0 aromatic heterocycles. The van der Waals surface area contributed by atoms with Crippen molar-refractivity contribution in [2.24, 2.45) is 17.8 Å². The van der Waals surface area contributed by atoms with Crippen molar-refractivity contribution in [2.75, 3.05) is 39.6 Å². The Morgan fingerprint density at radius 2 is 0.471 bits per heavy atom. The molecule has 3 N–H and O–H groups in total. The Labute approximate surface area is 626 Å². The summed E-state index contributed by atoms with van der Waals surface area (Å²) < 4.78 is 68.8. The average Bonchev–Trinajstić information content (AvgIpc) is 0.913. The molecule has 0 aliphatic rings. The SMILES string of the molecule is CCCCCCCCCCCCCCCCC(=O)O[C@H](COC(=O)CCCCCCCCCCC(C)CC)COP(=O)(O)OC[C@H](O)COP(=O)(O)OC[C@@H](COC(=O)CCCCCCCCCCCCC(C)CC)OC(=O)CCCCCCCCCCCCCCCCCCCCC(C)CC. The first-order valence-electron chi connectivity index (χ1n) is 43.0. The van der Waals surface area contributed by atoms with Gasteiger partial charge < -0.3 is 33.8 Å². The summed E-state index contributed by atoms with van der Waals surface area (Å²) in [6.07, 6.45) is 62.2. The lowest BCUT2D eigenvalue weighted by atomic mass is 9.99. The monoisotopic (exact) mass is 1490 g/mol. The van der Waals surface area contributed by atoms with E-state index in [2.05, 4.69) is 48.5 Å². The number of carbonyl (C=O) groups is 4. The molecular weight excluding hydrogens is 1330 g/mol. The number of carbonyl (C=O) groups excluding carboxylic acids is 4. The van der Waals surface area contributed by atoms with Gasteiger partial charge in [-0.3, -0.25) is 37.3 Å². The summed E-state index contributed by atoms with van der Waals surface area (Å²) in [6, 6.07) is 0. The highest BCUT2D eigenvalue weighted by atomic mass is 31.2. The van der Waals surface area contributed by atoms with E-state index in [0.29, 0.717) is 25.7 Å². The molecule has 0 saturated carbocycles. The predicted octanol–water partition coefficient (Wildman–Crippen LogP) is 24.9. The smallest absolute Gasteiger partial charge is 0.462 e. The molecule has 0 aromatic rings. The summed E-state index contributed by atoms with van der Waals surface area (Å²) in [5.74, 6) is 0.350. The molecule has 0 heterocycles. The van der Waals surface area contributed by atoms with Crippen molar-refractivity contribution in [3.8, 4) is 0 Å². The molecule has 0 bridgehead atoms. The fourth-order valence-electron chi connectivity index (χ4n) is 12.7.